The third-order valence-electron chi connectivity index (χ3n) is 1.92. The van der Waals surface area contributed by atoms with E-state index in [1.54, 1.807) is 25.1 Å². The Morgan fingerprint density at radius 1 is 1.60 bits per heavy atom. The molecule has 2 rings (SSSR count). The van der Waals surface area contributed by atoms with Gasteiger partial charge in [0.05, 0.1) is 5.75 Å². The lowest BCUT2D eigenvalue weighted by molar-refractivity contribution is -0.113. The van der Waals surface area contributed by atoms with Crippen molar-refractivity contribution in [2.45, 2.75) is 6.92 Å². The Balaban J connectivity index is 2.33. The van der Waals surface area contributed by atoms with Gasteiger partial charge in [-0.25, -0.2) is 4.98 Å². The number of oxazole rings is 1. The number of nitrogens with zero attached hydrogens (tertiary/aromatic N) is 1. The molecule has 4 nitrogen and oxygen atoms in total. The van der Waals surface area contributed by atoms with Gasteiger partial charge in [0.2, 0.25) is 5.91 Å². The molecular weight excluding hydrogens is 212 g/mol. The average molecular weight is 222 g/mol. The highest BCUT2D eigenvalue weighted by atomic mass is 32.1. The Labute approximate surface area is 92.1 Å². The van der Waals surface area contributed by atoms with Gasteiger partial charge in [0.15, 0.2) is 11.5 Å². The highest BCUT2D eigenvalue weighted by molar-refractivity contribution is 7.81. The number of aryl methyl sites for hydroxylation is 1. The van der Waals surface area contributed by atoms with E-state index < -0.39 is 0 Å². The lowest BCUT2D eigenvalue weighted by atomic mass is 10.3. The van der Waals surface area contributed by atoms with Crippen LogP contribution < -0.4 is 5.32 Å². The van der Waals surface area contributed by atoms with E-state index in [1.165, 1.54) is 0 Å². The van der Waals surface area contributed by atoms with E-state index in [1.807, 2.05) is 0 Å². The molecule has 2 aromatic rings. The smallest absolute Gasteiger partial charge is 0.234 e. The number of fused-ring (bicyclic) bond motifs is 1. The van der Waals surface area contributed by atoms with Crippen LogP contribution in [0.3, 0.4) is 0 Å². The Morgan fingerprint density at radius 2 is 2.40 bits per heavy atom. The van der Waals surface area contributed by atoms with Crippen molar-refractivity contribution in [2.75, 3.05) is 11.1 Å². The summed E-state index contributed by atoms with van der Waals surface area (Å²) >= 11 is 3.88. The molecule has 0 atom stereocenters. The Hall–Kier alpha value is -1.49. The SMILES string of the molecule is Cc1nc2cc(NC(=O)CS)ccc2o1. The number of aromatic nitrogens is 1. The first-order chi connectivity index (χ1) is 7.19. The summed E-state index contributed by atoms with van der Waals surface area (Å²) in [4.78, 5) is 15.3. The molecule has 1 heterocycles. The van der Waals surface area contributed by atoms with E-state index in [-0.39, 0.29) is 11.7 Å². The van der Waals surface area contributed by atoms with Crippen molar-refractivity contribution in [2.24, 2.45) is 0 Å². The van der Waals surface area contributed by atoms with Crippen LogP contribution in [0.15, 0.2) is 22.6 Å². The number of carbonyl (C=O) groups is 1. The molecule has 0 unspecified atom stereocenters. The summed E-state index contributed by atoms with van der Waals surface area (Å²) in [5.74, 6) is 0.635. The first-order valence-corrected chi connectivity index (χ1v) is 5.10. The predicted octanol–water partition coefficient (Wildman–Crippen LogP) is 2.00. The molecular formula is C10H10N2O2S. The van der Waals surface area contributed by atoms with Crippen molar-refractivity contribution in [3.63, 3.8) is 0 Å². The lowest BCUT2D eigenvalue weighted by Gasteiger charge is -2.01. The van der Waals surface area contributed by atoms with Crippen LogP contribution >= 0.6 is 12.6 Å². The van der Waals surface area contributed by atoms with Gasteiger partial charge in [0.25, 0.3) is 0 Å². The van der Waals surface area contributed by atoms with Crippen molar-refractivity contribution in [1.82, 2.24) is 4.98 Å². The zero-order chi connectivity index (χ0) is 10.8. The van der Waals surface area contributed by atoms with E-state index in [9.17, 15) is 4.79 Å². The summed E-state index contributed by atoms with van der Waals surface area (Å²) in [6.45, 7) is 1.78. The van der Waals surface area contributed by atoms with Gasteiger partial charge in [-0.3, -0.25) is 4.79 Å². The maximum atomic E-state index is 11.1. The first-order valence-electron chi connectivity index (χ1n) is 4.47. The zero-order valence-electron chi connectivity index (χ0n) is 8.15. The quantitative estimate of drug-likeness (QED) is 0.764. The second-order valence-corrected chi connectivity index (χ2v) is 3.44. The molecule has 1 amide bonds. The molecule has 0 aliphatic rings. The number of rotatable bonds is 2. The number of hydrogen-bond acceptors (Lipinski definition) is 4. The molecule has 0 spiro atoms. The topological polar surface area (TPSA) is 55.1 Å². The fourth-order valence-electron chi connectivity index (χ4n) is 1.32. The zero-order valence-corrected chi connectivity index (χ0v) is 9.04. The number of benzene rings is 1. The molecule has 1 aromatic carbocycles. The van der Waals surface area contributed by atoms with Crippen LogP contribution in [0.4, 0.5) is 5.69 Å². The maximum absolute atomic E-state index is 11.1. The van der Waals surface area contributed by atoms with E-state index in [2.05, 4.69) is 22.9 Å². The maximum Gasteiger partial charge on any atom is 0.234 e. The van der Waals surface area contributed by atoms with Crippen LogP contribution in [-0.4, -0.2) is 16.6 Å². The second kappa shape index (κ2) is 3.94. The van der Waals surface area contributed by atoms with Crippen LogP contribution in [0.1, 0.15) is 5.89 Å². The van der Waals surface area contributed by atoms with Gasteiger partial charge in [0, 0.05) is 12.6 Å². The van der Waals surface area contributed by atoms with E-state index >= 15 is 0 Å². The molecule has 0 aliphatic carbocycles. The van der Waals surface area contributed by atoms with E-state index in [0.717, 1.165) is 11.1 Å². The number of nitrogens with one attached hydrogen (secondary N) is 1. The van der Waals surface area contributed by atoms with Crippen LogP contribution in [-0.2, 0) is 4.79 Å². The van der Waals surface area contributed by atoms with E-state index in [4.69, 9.17) is 4.42 Å². The summed E-state index contributed by atoms with van der Waals surface area (Å²) in [6, 6.07) is 5.32. The molecule has 0 fully saturated rings. The summed E-state index contributed by atoms with van der Waals surface area (Å²) in [6.07, 6.45) is 0. The molecule has 0 saturated heterocycles. The second-order valence-electron chi connectivity index (χ2n) is 3.12. The Morgan fingerprint density at radius 3 is 3.13 bits per heavy atom. The first kappa shape index (κ1) is 10.0. The number of hydrogen-bond donors (Lipinski definition) is 2. The summed E-state index contributed by atoms with van der Waals surface area (Å²) in [5, 5.41) is 2.70. The summed E-state index contributed by atoms with van der Waals surface area (Å²) in [5.41, 5.74) is 2.16. The van der Waals surface area contributed by atoms with Crippen molar-refractivity contribution in [3.8, 4) is 0 Å². The molecule has 0 radical (unpaired) electrons. The van der Waals surface area contributed by atoms with Gasteiger partial charge in [-0.05, 0) is 18.2 Å². The van der Waals surface area contributed by atoms with Crippen molar-refractivity contribution in [1.29, 1.82) is 0 Å². The highest BCUT2D eigenvalue weighted by Gasteiger charge is 2.04. The third kappa shape index (κ3) is 2.12. The number of anilines is 1. The molecule has 15 heavy (non-hydrogen) atoms. The number of amides is 1. The molecule has 5 heteroatoms. The van der Waals surface area contributed by atoms with Gasteiger partial charge in [-0.1, -0.05) is 0 Å². The molecule has 0 bridgehead atoms. The van der Waals surface area contributed by atoms with Crippen molar-refractivity contribution < 1.29 is 9.21 Å². The van der Waals surface area contributed by atoms with Gasteiger partial charge in [-0.15, -0.1) is 0 Å². The van der Waals surface area contributed by atoms with Crippen molar-refractivity contribution >= 4 is 35.3 Å². The fraction of sp³-hybridized carbons (Fsp3) is 0.200. The minimum Gasteiger partial charge on any atom is -0.441 e. The van der Waals surface area contributed by atoms with Gasteiger partial charge < -0.3 is 9.73 Å². The monoisotopic (exact) mass is 222 g/mol. The minimum atomic E-state index is -0.141. The lowest BCUT2D eigenvalue weighted by Crippen LogP contribution is -2.12. The molecule has 0 aliphatic heterocycles. The van der Waals surface area contributed by atoms with Gasteiger partial charge >= 0.3 is 0 Å². The van der Waals surface area contributed by atoms with E-state index in [0.29, 0.717) is 11.6 Å². The van der Waals surface area contributed by atoms with Crippen LogP contribution in [0, 0.1) is 6.92 Å². The molecule has 78 valence electrons. The van der Waals surface area contributed by atoms with Crippen molar-refractivity contribution in [3.05, 3.63) is 24.1 Å². The Bertz CT molecular complexity index is 507. The molecule has 1 aromatic heterocycles. The van der Waals surface area contributed by atoms with Crippen LogP contribution in [0.2, 0.25) is 0 Å². The largest absolute Gasteiger partial charge is 0.441 e. The summed E-state index contributed by atoms with van der Waals surface area (Å²) in [7, 11) is 0. The molecule has 1 N–H and O–H groups in total. The number of thiol groups is 1. The van der Waals surface area contributed by atoms with Crippen LogP contribution in [0.5, 0.6) is 0 Å². The van der Waals surface area contributed by atoms with Crippen LogP contribution in [0.25, 0.3) is 11.1 Å². The fourth-order valence-corrected chi connectivity index (χ4v) is 1.40. The minimum absolute atomic E-state index is 0.141. The highest BCUT2D eigenvalue weighted by Crippen LogP contribution is 2.19. The Kier molecular flexibility index (Phi) is 2.64. The van der Waals surface area contributed by atoms with Gasteiger partial charge in [0.1, 0.15) is 5.52 Å². The summed E-state index contributed by atoms with van der Waals surface area (Å²) < 4.78 is 5.32. The average Bonchev–Trinajstić information content (AvgIpc) is 2.57. The normalized spacial score (nSPS) is 10.5. The molecule has 0 saturated carbocycles. The van der Waals surface area contributed by atoms with Gasteiger partial charge in [-0.2, -0.15) is 12.6 Å². The predicted molar refractivity (Wildman–Crippen MR) is 61.2 cm³/mol. The standard InChI is InChI=1S/C10H10N2O2S/c1-6-11-8-4-7(12-10(13)5-15)2-3-9(8)14-6/h2-4,15H,5H2,1H3,(H,12,13). The third-order valence-corrected chi connectivity index (χ3v) is 2.21. The number of carbonyl (C=O) groups excluding carboxylic acids is 1.